The van der Waals surface area contributed by atoms with Gasteiger partial charge in [-0.25, -0.2) is 0 Å². The van der Waals surface area contributed by atoms with Crippen LogP contribution in [0.15, 0.2) is 66.0 Å². The molecule has 4 nitrogen and oxygen atoms in total. The van der Waals surface area contributed by atoms with Crippen molar-refractivity contribution in [1.82, 2.24) is 10.2 Å². The highest BCUT2D eigenvalue weighted by atomic mass is 32.1. The lowest BCUT2D eigenvalue weighted by molar-refractivity contribution is 0.0675. The number of rotatable bonds is 5. The number of nitrogens with one attached hydrogen (secondary N) is 1. The largest absolute Gasteiger partial charge is 0.352 e. The Hall–Kier alpha value is -2.92. The van der Waals surface area contributed by atoms with Crippen molar-refractivity contribution in [2.24, 2.45) is 5.92 Å². The topological polar surface area (TPSA) is 49.4 Å². The van der Waals surface area contributed by atoms with Crippen molar-refractivity contribution in [3.63, 3.8) is 0 Å². The van der Waals surface area contributed by atoms with Crippen molar-refractivity contribution in [2.75, 3.05) is 19.6 Å². The fraction of sp³-hybridized carbons (Fsp3) is 0.280. The summed E-state index contributed by atoms with van der Waals surface area (Å²) < 4.78 is 0. The van der Waals surface area contributed by atoms with Crippen LogP contribution in [-0.4, -0.2) is 36.3 Å². The summed E-state index contributed by atoms with van der Waals surface area (Å²) in [7, 11) is 0. The molecule has 1 aliphatic heterocycles. The van der Waals surface area contributed by atoms with Gasteiger partial charge in [0.1, 0.15) is 0 Å². The number of hydrogen-bond donors (Lipinski definition) is 1. The summed E-state index contributed by atoms with van der Waals surface area (Å²) in [6.45, 7) is 4.06. The summed E-state index contributed by atoms with van der Waals surface area (Å²) in [4.78, 5) is 28.1. The lowest BCUT2D eigenvalue weighted by atomic mass is 9.97. The van der Waals surface area contributed by atoms with E-state index in [4.69, 9.17) is 0 Å². The average Bonchev–Trinajstić information content (AvgIpc) is 3.23. The molecule has 1 aromatic heterocycles. The first-order valence-corrected chi connectivity index (χ1v) is 11.3. The van der Waals surface area contributed by atoms with Crippen LogP contribution in [0.4, 0.5) is 0 Å². The fourth-order valence-electron chi connectivity index (χ4n) is 3.94. The van der Waals surface area contributed by atoms with Crippen LogP contribution in [0.2, 0.25) is 0 Å². The van der Waals surface area contributed by atoms with Crippen molar-refractivity contribution in [1.29, 1.82) is 0 Å². The number of nitrogens with zero attached hydrogens (tertiary/aromatic N) is 1. The standard InChI is InChI=1S/C25H26N2O2S/c1-18-13-15-30-23(18)25(29)27-14-5-6-19(17-27)16-26-24(28)22-11-9-21(10-12-22)20-7-3-2-4-8-20/h2-4,7-13,15,19H,5-6,14,16-17H2,1H3,(H,26,28)/t19-/m0/s1. The average molecular weight is 419 g/mol. The van der Waals surface area contributed by atoms with E-state index in [1.54, 1.807) is 0 Å². The summed E-state index contributed by atoms with van der Waals surface area (Å²) in [6, 6.07) is 19.8. The molecule has 0 radical (unpaired) electrons. The molecule has 0 unspecified atom stereocenters. The Morgan fingerprint density at radius 1 is 1.03 bits per heavy atom. The fourth-order valence-corrected chi connectivity index (χ4v) is 4.83. The van der Waals surface area contributed by atoms with E-state index in [1.807, 2.05) is 65.7 Å². The summed E-state index contributed by atoms with van der Waals surface area (Å²) in [5.41, 5.74) is 3.93. The predicted octanol–water partition coefficient (Wildman–Crippen LogP) is 5.01. The van der Waals surface area contributed by atoms with Gasteiger partial charge in [0, 0.05) is 25.2 Å². The number of piperidine rings is 1. The van der Waals surface area contributed by atoms with Gasteiger partial charge in [0.05, 0.1) is 4.88 Å². The van der Waals surface area contributed by atoms with Gasteiger partial charge in [0.15, 0.2) is 0 Å². The maximum absolute atomic E-state index is 12.8. The summed E-state index contributed by atoms with van der Waals surface area (Å²) >= 11 is 1.51. The van der Waals surface area contributed by atoms with Gasteiger partial charge in [0.2, 0.25) is 0 Å². The maximum Gasteiger partial charge on any atom is 0.264 e. The number of aryl methyl sites for hydroxylation is 1. The van der Waals surface area contributed by atoms with Crippen LogP contribution in [-0.2, 0) is 0 Å². The second kappa shape index (κ2) is 9.26. The lowest BCUT2D eigenvalue weighted by Crippen LogP contribution is -2.43. The molecule has 2 amide bonds. The number of benzene rings is 2. The third-order valence-electron chi connectivity index (χ3n) is 5.67. The molecular formula is C25H26N2O2S. The Labute approximate surface area is 181 Å². The number of carbonyl (C=O) groups excluding carboxylic acids is 2. The minimum absolute atomic E-state index is 0.0628. The second-order valence-corrected chi connectivity index (χ2v) is 8.76. The van der Waals surface area contributed by atoms with Gasteiger partial charge in [-0.1, -0.05) is 42.5 Å². The van der Waals surface area contributed by atoms with E-state index in [2.05, 4.69) is 17.4 Å². The summed E-state index contributed by atoms with van der Waals surface area (Å²) in [6.07, 6.45) is 2.00. The van der Waals surface area contributed by atoms with Crippen molar-refractivity contribution < 1.29 is 9.59 Å². The smallest absolute Gasteiger partial charge is 0.264 e. The predicted molar refractivity (Wildman–Crippen MR) is 122 cm³/mol. The van der Waals surface area contributed by atoms with Gasteiger partial charge < -0.3 is 10.2 Å². The number of thiophene rings is 1. The van der Waals surface area contributed by atoms with Crippen LogP contribution in [0.5, 0.6) is 0 Å². The number of carbonyl (C=O) groups is 2. The minimum Gasteiger partial charge on any atom is -0.352 e. The van der Waals surface area contributed by atoms with Gasteiger partial charge in [-0.05, 0) is 66.0 Å². The second-order valence-electron chi connectivity index (χ2n) is 7.85. The molecule has 0 saturated carbocycles. The first-order chi connectivity index (χ1) is 14.6. The molecule has 2 aromatic carbocycles. The molecular weight excluding hydrogens is 392 g/mol. The molecule has 1 fully saturated rings. The Kier molecular flexibility index (Phi) is 6.29. The van der Waals surface area contributed by atoms with Crippen LogP contribution in [0.1, 0.15) is 38.4 Å². The highest BCUT2D eigenvalue weighted by Gasteiger charge is 2.26. The van der Waals surface area contributed by atoms with Crippen molar-refractivity contribution in [3.05, 3.63) is 82.0 Å². The molecule has 0 spiro atoms. The van der Waals surface area contributed by atoms with E-state index in [1.165, 1.54) is 11.3 Å². The molecule has 1 atom stereocenters. The van der Waals surface area contributed by atoms with E-state index in [-0.39, 0.29) is 17.7 Å². The molecule has 4 rings (SSSR count). The molecule has 3 aromatic rings. The molecule has 1 saturated heterocycles. The zero-order chi connectivity index (χ0) is 20.9. The Bertz CT molecular complexity index is 1010. The van der Waals surface area contributed by atoms with E-state index in [0.29, 0.717) is 18.7 Å². The highest BCUT2D eigenvalue weighted by Crippen LogP contribution is 2.23. The minimum atomic E-state index is -0.0628. The van der Waals surface area contributed by atoms with Gasteiger partial charge in [-0.3, -0.25) is 9.59 Å². The van der Waals surface area contributed by atoms with Gasteiger partial charge in [-0.15, -0.1) is 11.3 Å². The number of hydrogen-bond acceptors (Lipinski definition) is 3. The van der Waals surface area contributed by atoms with E-state index < -0.39 is 0 Å². The van der Waals surface area contributed by atoms with E-state index in [0.717, 1.165) is 41.0 Å². The van der Waals surface area contributed by atoms with Crippen LogP contribution in [0, 0.1) is 12.8 Å². The van der Waals surface area contributed by atoms with Crippen LogP contribution < -0.4 is 5.32 Å². The zero-order valence-corrected chi connectivity index (χ0v) is 18.0. The molecule has 1 aliphatic rings. The van der Waals surface area contributed by atoms with Crippen LogP contribution in [0.3, 0.4) is 0 Å². The Morgan fingerprint density at radius 3 is 2.47 bits per heavy atom. The Morgan fingerprint density at radius 2 is 1.77 bits per heavy atom. The first-order valence-electron chi connectivity index (χ1n) is 10.4. The third-order valence-corrected chi connectivity index (χ3v) is 6.67. The normalized spacial score (nSPS) is 16.3. The van der Waals surface area contributed by atoms with Gasteiger partial charge >= 0.3 is 0 Å². The van der Waals surface area contributed by atoms with Gasteiger partial charge in [0.25, 0.3) is 11.8 Å². The summed E-state index contributed by atoms with van der Waals surface area (Å²) in [5, 5.41) is 5.02. The molecule has 30 heavy (non-hydrogen) atoms. The third kappa shape index (κ3) is 4.62. The molecule has 0 bridgehead atoms. The van der Waals surface area contributed by atoms with Crippen molar-refractivity contribution in [3.8, 4) is 11.1 Å². The van der Waals surface area contributed by atoms with Gasteiger partial charge in [-0.2, -0.15) is 0 Å². The maximum atomic E-state index is 12.8. The summed E-state index contributed by atoms with van der Waals surface area (Å²) in [5.74, 6) is 0.345. The molecule has 154 valence electrons. The molecule has 0 aliphatic carbocycles. The SMILES string of the molecule is Cc1ccsc1C(=O)N1CCC[C@@H](CNC(=O)c2ccc(-c3ccccc3)cc2)C1. The molecule has 1 N–H and O–H groups in total. The number of likely N-dealkylation sites (tertiary alicyclic amines) is 1. The number of amides is 2. The van der Waals surface area contributed by atoms with E-state index >= 15 is 0 Å². The quantitative estimate of drug-likeness (QED) is 0.633. The van der Waals surface area contributed by atoms with Crippen molar-refractivity contribution >= 4 is 23.2 Å². The Balaban J connectivity index is 1.32. The highest BCUT2D eigenvalue weighted by molar-refractivity contribution is 7.12. The zero-order valence-electron chi connectivity index (χ0n) is 17.1. The van der Waals surface area contributed by atoms with Crippen molar-refractivity contribution in [2.45, 2.75) is 19.8 Å². The lowest BCUT2D eigenvalue weighted by Gasteiger charge is -2.32. The first kappa shape index (κ1) is 20.4. The molecule has 5 heteroatoms. The van der Waals surface area contributed by atoms with Crippen LogP contribution >= 0.6 is 11.3 Å². The van der Waals surface area contributed by atoms with E-state index in [9.17, 15) is 9.59 Å². The molecule has 2 heterocycles. The van der Waals surface area contributed by atoms with Crippen LogP contribution in [0.25, 0.3) is 11.1 Å². The monoisotopic (exact) mass is 418 g/mol.